The highest BCUT2D eigenvalue weighted by molar-refractivity contribution is 7.90. The molecule has 0 saturated carbocycles. The lowest BCUT2D eigenvalue weighted by molar-refractivity contribution is -0.382. The molecule has 0 aromatic rings. The first-order chi connectivity index (χ1) is 10.1. The molecule has 0 aliphatic carbocycles. The van der Waals surface area contributed by atoms with Gasteiger partial charge in [0.25, 0.3) is 10.0 Å². The van der Waals surface area contributed by atoms with Gasteiger partial charge in [0, 0.05) is 12.6 Å². The van der Waals surface area contributed by atoms with Crippen LogP contribution in [-0.2, 0) is 10.0 Å². The molecule has 1 saturated heterocycles. The van der Waals surface area contributed by atoms with Crippen LogP contribution in [0.5, 0.6) is 0 Å². The average Bonchev–Trinajstić information content (AvgIpc) is 2.87. The quantitative estimate of drug-likeness (QED) is 0.692. The number of nitrogens with one attached hydrogen (secondary N) is 2. The zero-order chi connectivity index (χ0) is 18.3. The van der Waals surface area contributed by atoms with E-state index in [-0.39, 0.29) is 6.42 Å². The predicted molar refractivity (Wildman–Crippen MR) is 58.8 cm³/mol. The number of sulfonamides is 1. The largest absolute Gasteiger partial charge is 0.460 e. The van der Waals surface area contributed by atoms with Crippen molar-refractivity contribution in [3.05, 3.63) is 0 Å². The lowest BCUT2D eigenvalue weighted by Crippen LogP contribution is -2.65. The molecule has 1 aliphatic rings. The molecule has 1 heterocycles. The fourth-order valence-corrected chi connectivity index (χ4v) is 2.83. The van der Waals surface area contributed by atoms with E-state index in [2.05, 4.69) is 5.32 Å². The van der Waals surface area contributed by atoms with Crippen molar-refractivity contribution in [2.45, 2.75) is 42.2 Å². The maximum atomic E-state index is 13.3. The van der Waals surface area contributed by atoms with E-state index in [1.165, 1.54) is 0 Å². The minimum absolute atomic E-state index is 0.281. The molecule has 23 heavy (non-hydrogen) atoms. The van der Waals surface area contributed by atoms with Gasteiger partial charge in [-0.25, -0.2) is 13.1 Å². The molecular weight excluding hydrogens is 371 g/mol. The number of rotatable bonds is 6. The molecule has 2 N–H and O–H groups in total. The van der Waals surface area contributed by atoms with Gasteiger partial charge in [0.05, 0.1) is 0 Å². The molecule has 4 nitrogen and oxygen atoms in total. The maximum absolute atomic E-state index is 13.3. The van der Waals surface area contributed by atoms with Crippen LogP contribution >= 0.6 is 0 Å². The molecule has 0 unspecified atom stereocenters. The summed E-state index contributed by atoms with van der Waals surface area (Å²) < 4.78 is 137. The molecule has 1 aliphatic heterocycles. The van der Waals surface area contributed by atoms with Gasteiger partial charge < -0.3 is 5.32 Å². The van der Waals surface area contributed by atoms with Crippen molar-refractivity contribution in [1.29, 1.82) is 0 Å². The molecule has 0 bridgehead atoms. The Bertz CT molecular complexity index is 526. The first-order valence-corrected chi connectivity index (χ1v) is 7.49. The molecule has 0 aromatic carbocycles. The summed E-state index contributed by atoms with van der Waals surface area (Å²) in [6, 6.07) is -0.725. The fraction of sp³-hybridized carbons (Fsp3) is 1.00. The number of alkyl halides is 9. The smallest absolute Gasteiger partial charge is 0.313 e. The molecule has 0 radical (unpaired) electrons. The SMILES string of the molecule is O=S(=O)(NC[C@@H]1CCCN1)C(F)(F)C(F)(F)C(F)(F)C(F)(F)F. The molecule has 14 heteroatoms. The Labute approximate surface area is 124 Å². The van der Waals surface area contributed by atoms with Crippen molar-refractivity contribution in [1.82, 2.24) is 10.0 Å². The van der Waals surface area contributed by atoms with E-state index in [1.54, 1.807) is 0 Å². The predicted octanol–water partition coefficient (Wildman–Crippen LogP) is 2.08. The Morgan fingerprint density at radius 3 is 1.87 bits per heavy atom. The van der Waals surface area contributed by atoms with Crippen molar-refractivity contribution >= 4 is 10.0 Å². The average molecular weight is 382 g/mol. The molecule has 0 amide bonds. The fourth-order valence-electron chi connectivity index (χ4n) is 1.76. The van der Waals surface area contributed by atoms with Crippen LogP contribution in [0.4, 0.5) is 39.5 Å². The Kier molecular flexibility index (Phi) is 5.25. The van der Waals surface area contributed by atoms with E-state index in [4.69, 9.17) is 0 Å². The van der Waals surface area contributed by atoms with Crippen LogP contribution in [0, 0.1) is 0 Å². The summed E-state index contributed by atoms with van der Waals surface area (Å²) in [7, 11) is -6.50. The van der Waals surface area contributed by atoms with Crippen LogP contribution in [0.25, 0.3) is 0 Å². The zero-order valence-corrected chi connectivity index (χ0v) is 11.8. The lowest BCUT2D eigenvalue weighted by atomic mass is 10.1. The highest BCUT2D eigenvalue weighted by atomic mass is 32.2. The molecular formula is C9H11F9N2O2S. The Morgan fingerprint density at radius 1 is 0.957 bits per heavy atom. The van der Waals surface area contributed by atoms with Crippen molar-refractivity contribution < 1.29 is 47.9 Å². The van der Waals surface area contributed by atoms with Crippen LogP contribution in [0.3, 0.4) is 0 Å². The molecule has 0 aromatic heterocycles. The maximum Gasteiger partial charge on any atom is 0.460 e. The van der Waals surface area contributed by atoms with Crippen LogP contribution in [0.15, 0.2) is 0 Å². The molecule has 1 rings (SSSR count). The molecule has 138 valence electrons. The third-order valence-electron chi connectivity index (χ3n) is 3.14. The van der Waals surface area contributed by atoms with Gasteiger partial charge in [-0.2, -0.15) is 39.5 Å². The summed E-state index contributed by atoms with van der Waals surface area (Å²) in [5.41, 5.74) is 0. The van der Waals surface area contributed by atoms with Crippen LogP contribution in [0.1, 0.15) is 12.8 Å². The summed E-state index contributed by atoms with van der Waals surface area (Å²) in [6.45, 7) is -0.476. The van der Waals surface area contributed by atoms with Crippen molar-refractivity contribution in [2.24, 2.45) is 0 Å². The normalized spacial score (nSPS) is 21.7. The van der Waals surface area contributed by atoms with Gasteiger partial charge in [0.15, 0.2) is 0 Å². The first kappa shape index (κ1) is 20.3. The standard InChI is InChI=1S/C9H11F9N2O2S/c10-6(11,8(14,15)16)7(12,13)9(17,18)23(21,22)20-4-5-2-1-3-19-5/h5,19-20H,1-4H2/t5-/m0/s1. The Hall–Kier alpha value is -0.760. The topological polar surface area (TPSA) is 58.2 Å². The molecule has 1 atom stereocenters. The third kappa shape index (κ3) is 3.38. The van der Waals surface area contributed by atoms with Gasteiger partial charge in [-0.05, 0) is 19.4 Å². The van der Waals surface area contributed by atoms with Gasteiger partial charge in [0.2, 0.25) is 0 Å². The number of hydrogen-bond donors (Lipinski definition) is 2. The molecule has 1 fully saturated rings. The highest BCUT2D eigenvalue weighted by Gasteiger charge is 2.85. The summed E-state index contributed by atoms with van der Waals surface area (Å²) >= 11 is 0. The summed E-state index contributed by atoms with van der Waals surface area (Å²) in [4.78, 5) is 0. The van der Waals surface area contributed by atoms with E-state index in [0.717, 1.165) is 4.72 Å². The highest BCUT2D eigenvalue weighted by Crippen LogP contribution is 2.54. The summed E-state index contributed by atoms with van der Waals surface area (Å²) in [5.74, 6) is -14.4. The molecule has 0 spiro atoms. The minimum Gasteiger partial charge on any atom is -0.313 e. The van der Waals surface area contributed by atoms with Gasteiger partial charge >= 0.3 is 23.3 Å². The van der Waals surface area contributed by atoms with Gasteiger partial charge in [0.1, 0.15) is 0 Å². The second kappa shape index (κ2) is 5.95. The minimum atomic E-state index is -7.25. The second-order valence-corrected chi connectivity index (χ2v) is 6.62. The zero-order valence-electron chi connectivity index (χ0n) is 11.0. The van der Waals surface area contributed by atoms with Crippen LogP contribution in [-0.4, -0.2) is 50.8 Å². The van der Waals surface area contributed by atoms with Gasteiger partial charge in [-0.1, -0.05) is 0 Å². The van der Waals surface area contributed by atoms with E-state index in [0.29, 0.717) is 13.0 Å². The van der Waals surface area contributed by atoms with E-state index < -0.39 is 45.9 Å². The third-order valence-corrected chi connectivity index (χ3v) is 4.61. The summed E-state index contributed by atoms with van der Waals surface area (Å²) in [5, 5.41) is -4.10. The summed E-state index contributed by atoms with van der Waals surface area (Å²) in [6.07, 6.45) is -6.27. The van der Waals surface area contributed by atoms with Crippen molar-refractivity contribution in [3.63, 3.8) is 0 Å². The van der Waals surface area contributed by atoms with E-state index in [9.17, 15) is 47.9 Å². The first-order valence-electron chi connectivity index (χ1n) is 6.00. The van der Waals surface area contributed by atoms with Crippen molar-refractivity contribution in [2.75, 3.05) is 13.1 Å². The number of hydrogen-bond acceptors (Lipinski definition) is 3. The van der Waals surface area contributed by atoms with Crippen LogP contribution in [0.2, 0.25) is 0 Å². The second-order valence-electron chi connectivity index (χ2n) is 4.81. The van der Waals surface area contributed by atoms with Gasteiger partial charge in [-0.3, -0.25) is 0 Å². The van der Waals surface area contributed by atoms with E-state index >= 15 is 0 Å². The van der Waals surface area contributed by atoms with E-state index in [1.807, 2.05) is 0 Å². The van der Waals surface area contributed by atoms with Gasteiger partial charge in [-0.15, -0.1) is 0 Å². The van der Waals surface area contributed by atoms with Crippen LogP contribution < -0.4 is 10.0 Å². The Morgan fingerprint density at radius 2 is 1.48 bits per heavy atom. The Balaban J connectivity index is 3.06. The monoisotopic (exact) mass is 382 g/mol. The lowest BCUT2D eigenvalue weighted by Gasteiger charge is -2.33. The number of halogens is 9. The van der Waals surface area contributed by atoms with Crippen molar-refractivity contribution in [3.8, 4) is 0 Å².